The Balaban J connectivity index is 0. The Hall–Kier alpha value is 0.170. The number of hydrogen-bond acceptors (Lipinski definition) is 3. The van der Waals surface area contributed by atoms with Gasteiger partial charge in [-0.25, -0.2) is 4.98 Å². The molecule has 1 atom stereocenters. The minimum absolute atomic E-state index is 0. The monoisotopic (exact) mass is 200 g/mol. The summed E-state index contributed by atoms with van der Waals surface area (Å²) >= 11 is 1.58. The van der Waals surface area contributed by atoms with Gasteiger partial charge in [0, 0.05) is 11.4 Å². The molecule has 5 heteroatoms. The van der Waals surface area contributed by atoms with E-state index in [0.29, 0.717) is 0 Å². The van der Waals surface area contributed by atoms with Gasteiger partial charge in [-0.05, 0) is 6.92 Å². The first-order chi connectivity index (χ1) is 3.80. The lowest BCUT2D eigenvalue weighted by Gasteiger charge is -1.95. The number of aromatic nitrogens is 1. The maximum absolute atomic E-state index is 5.50. The van der Waals surface area contributed by atoms with Gasteiger partial charge in [-0.2, -0.15) is 0 Å². The fourth-order valence-corrected chi connectivity index (χ4v) is 1.11. The lowest BCUT2D eigenvalue weighted by molar-refractivity contribution is 0.789. The average molecular weight is 201 g/mol. The number of nitrogens with zero attached hydrogens (tertiary/aromatic N) is 1. The Morgan fingerprint density at radius 2 is 2.20 bits per heavy atom. The minimum Gasteiger partial charge on any atom is -0.323 e. The Kier molecular flexibility index (Phi) is 7.58. The molecule has 2 N–H and O–H groups in total. The smallest absolute Gasteiger partial charge is 0.0795 e. The fourth-order valence-electron chi connectivity index (χ4n) is 0.447. The molecule has 0 amide bonds. The van der Waals surface area contributed by atoms with Crippen LogP contribution in [-0.2, 0) is 0 Å². The molecule has 60 valence electrons. The highest BCUT2D eigenvalue weighted by Crippen LogP contribution is 2.07. The number of hydrogen-bond donors (Lipinski definition) is 1. The number of halogens is 2. The van der Waals surface area contributed by atoms with Gasteiger partial charge in [0.2, 0.25) is 0 Å². The summed E-state index contributed by atoms with van der Waals surface area (Å²) in [5.74, 6) is 0. The molecule has 0 saturated carbocycles. The summed E-state index contributed by atoms with van der Waals surface area (Å²) in [4.78, 5) is 4.01. The summed E-state index contributed by atoms with van der Waals surface area (Å²) in [5, 5.41) is 1.96. The van der Waals surface area contributed by atoms with Crippen molar-refractivity contribution in [2.75, 3.05) is 0 Å². The quantitative estimate of drug-likeness (QED) is 0.754. The average Bonchev–Trinajstić information content (AvgIpc) is 2.12. The molecule has 0 aliphatic heterocycles. The molecule has 2 nitrogen and oxygen atoms in total. The van der Waals surface area contributed by atoms with Gasteiger partial charge in [0.05, 0.1) is 11.2 Å². The van der Waals surface area contributed by atoms with Gasteiger partial charge in [0.15, 0.2) is 0 Å². The van der Waals surface area contributed by atoms with Crippen molar-refractivity contribution in [3.05, 3.63) is 16.6 Å². The van der Waals surface area contributed by atoms with E-state index in [1.165, 1.54) is 0 Å². The molecule has 0 radical (unpaired) electrons. The third-order valence-electron chi connectivity index (χ3n) is 0.918. The first-order valence-electron chi connectivity index (χ1n) is 2.44. The molecule has 0 spiro atoms. The van der Waals surface area contributed by atoms with Crippen molar-refractivity contribution in [2.45, 2.75) is 13.0 Å². The van der Waals surface area contributed by atoms with Gasteiger partial charge < -0.3 is 5.73 Å². The van der Waals surface area contributed by atoms with Crippen LogP contribution in [0.2, 0.25) is 0 Å². The van der Waals surface area contributed by atoms with Crippen LogP contribution >= 0.6 is 36.2 Å². The van der Waals surface area contributed by atoms with Crippen LogP contribution in [0.15, 0.2) is 10.9 Å². The zero-order valence-corrected chi connectivity index (χ0v) is 7.93. The van der Waals surface area contributed by atoms with Crippen LogP contribution in [0, 0.1) is 0 Å². The molecule has 0 aliphatic carbocycles. The minimum atomic E-state index is 0. The lowest BCUT2D eigenvalue weighted by atomic mass is 10.3. The first kappa shape index (κ1) is 12.8. The number of thiazole rings is 1. The summed E-state index contributed by atoms with van der Waals surface area (Å²) < 4.78 is 0. The van der Waals surface area contributed by atoms with E-state index >= 15 is 0 Å². The van der Waals surface area contributed by atoms with Crippen LogP contribution in [-0.4, -0.2) is 4.98 Å². The van der Waals surface area contributed by atoms with Crippen LogP contribution in [0.25, 0.3) is 0 Å². The molecule has 0 aliphatic rings. The Morgan fingerprint density at radius 3 is 2.40 bits per heavy atom. The van der Waals surface area contributed by atoms with E-state index in [-0.39, 0.29) is 30.9 Å². The molecular formula is C5H10Cl2N2S. The SMILES string of the molecule is CC(N)c1cscn1.Cl.Cl. The summed E-state index contributed by atoms with van der Waals surface area (Å²) in [6, 6.07) is 0.0845. The number of nitrogens with two attached hydrogens (primary N) is 1. The molecule has 1 aromatic heterocycles. The van der Waals surface area contributed by atoms with Crippen LogP contribution in [0.5, 0.6) is 0 Å². The molecule has 1 rings (SSSR count). The van der Waals surface area contributed by atoms with Gasteiger partial charge in [0.25, 0.3) is 0 Å². The molecule has 0 bridgehead atoms. The normalized spacial score (nSPS) is 11.0. The Labute approximate surface area is 76.7 Å². The van der Waals surface area contributed by atoms with E-state index in [1.807, 2.05) is 12.3 Å². The van der Waals surface area contributed by atoms with Crippen molar-refractivity contribution < 1.29 is 0 Å². The molecule has 0 fully saturated rings. The standard InChI is InChI=1S/C5H8N2S.2ClH/c1-4(6)5-2-8-3-7-5;;/h2-4H,6H2,1H3;2*1H. The van der Waals surface area contributed by atoms with Crippen molar-refractivity contribution in [3.63, 3.8) is 0 Å². The molecule has 0 aromatic carbocycles. The van der Waals surface area contributed by atoms with Crippen molar-refractivity contribution in [1.82, 2.24) is 4.98 Å². The zero-order chi connectivity index (χ0) is 5.98. The predicted molar refractivity (Wildman–Crippen MR) is 49.2 cm³/mol. The van der Waals surface area contributed by atoms with E-state index in [1.54, 1.807) is 16.8 Å². The van der Waals surface area contributed by atoms with E-state index in [2.05, 4.69) is 4.98 Å². The Morgan fingerprint density at radius 1 is 1.60 bits per heavy atom. The van der Waals surface area contributed by atoms with E-state index in [0.717, 1.165) is 5.69 Å². The molecule has 1 unspecified atom stereocenters. The first-order valence-corrected chi connectivity index (χ1v) is 3.38. The largest absolute Gasteiger partial charge is 0.323 e. The highest BCUT2D eigenvalue weighted by molar-refractivity contribution is 7.07. The van der Waals surface area contributed by atoms with Gasteiger partial charge in [-0.15, -0.1) is 36.2 Å². The lowest BCUT2D eigenvalue weighted by Crippen LogP contribution is -2.04. The summed E-state index contributed by atoms with van der Waals surface area (Å²) in [5.41, 5.74) is 8.27. The molecule has 1 aromatic rings. The van der Waals surface area contributed by atoms with Gasteiger partial charge in [-0.1, -0.05) is 0 Å². The number of rotatable bonds is 1. The van der Waals surface area contributed by atoms with Crippen molar-refractivity contribution in [3.8, 4) is 0 Å². The van der Waals surface area contributed by atoms with E-state index < -0.39 is 0 Å². The summed E-state index contributed by atoms with van der Waals surface area (Å²) in [7, 11) is 0. The highest BCUT2D eigenvalue weighted by atomic mass is 35.5. The second kappa shape index (κ2) is 5.92. The second-order valence-corrected chi connectivity index (χ2v) is 2.42. The maximum atomic E-state index is 5.50. The van der Waals surface area contributed by atoms with Crippen LogP contribution in [0.3, 0.4) is 0 Å². The van der Waals surface area contributed by atoms with Gasteiger partial charge >= 0.3 is 0 Å². The molecule has 1 heterocycles. The highest BCUT2D eigenvalue weighted by Gasteiger charge is 1.97. The predicted octanol–water partition coefficient (Wildman–Crippen LogP) is 2.01. The third kappa shape index (κ3) is 3.37. The van der Waals surface area contributed by atoms with E-state index in [4.69, 9.17) is 5.73 Å². The topological polar surface area (TPSA) is 38.9 Å². The Bertz CT molecular complexity index is 153. The summed E-state index contributed by atoms with van der Waals surface area (Å²) in [6.45, 7) is 1.93. The van der Waals surface area contributed by atoms with E-state index in [9.17, 15) is 0 Å². The van der Waals surface area contributed by atoms with Crippen molar-refractivity contribution >= 4 is 36.2 Å². The summed E-state index contributed by atoms with van der Waals surface area (Å²) in [6.07, 6.45) is 0. The molecular weight excluding hydrogens is 191 g/mol. The molecule has 10 heavy (non-hydrogen) atoms. The second-order valence-electron chi connectivity index (χ2n) is 1.70. The van der Waals surface area contributed by atoms with Crippen LogP contribution < -0.4 is 5.73 Å². The van der Waals surface area contributed by atoms with Gasteiger partial charge in [-0.3, -0.25) is 0 Å². The van der Waals surface area contributed by atoms with Crippen molar-refractivity contribution in [1.29, 1.82) is 0 Å². The maximum Gasteiger partial charge on any atom is 0.0795 e. The van der Waals surface area contributed by atoms with Gasteiger partial charge in [0.1, 0.15) is 0 Å². The third-order valence-corrected chi connectivity index (χ3v) is 1.52. The molecule has 0 saturated heterocycles. The van der Waals surface area contributed by atoms with Crippen molar-refractivity contribution in [2.24, 2.45) is 5.73 Å². The van der Waals surface area contributed by atoms with Crippen LogP contribution in [0.1, 0.15) is 18.7 Å². The van der Waals surface area contributed by atoms with Crippen LogP contribution in [0.4, 0.5) is 0 Å². The zero-order valence-electron chi connectivity index (χ0n) is 5.48. The fraction of sp³-hybridized carbons (Fsp3) is 0.400.